The van der Waals surface area contributed by atoms with Gasteiger partial charge in [0.1, 0.15) is 28.1 Å². The summed E-state index contributed by atoms with van der Waals surface area (Å²) in [7, 11) is 0. The van der Waals surface area contributed by atoms with Gasteiger partial charge < -0.3 is 9.47 Å². The highest BCUT2D eigenvalue weighted by atomic mass is 16.5. The highest BCUT2D eigenvalue weighted by molar-refractivity contribution is 6.07. The summed E-state index contributed by atoms with van der Waals surface area (Å²) in [6, 6.07) is 36.6. The summed E-state index contributed by atoms with van der Waals surface area (Å²) in [6.07, 6.45) is 5.42. The van der Waals surface area contributed by atoms with Crippen molar-refractivity contribution in [3.8, 4) is 56.5 Å². The van der Waals surface area contributed by atoms with E-state index in [0.29, 0.717) is 44.8 Å². The van der Waals surface area contributed by atoms with Crippen LogP contribution in [0.4, 0.5) is 0 Å². The molecule has 10 aromatic rings. The standard InChI is InChI=1S/C48H38N12O4/c1-5-63-47(61)44-37(27-58(54-44)33-18-12-8-13-19-33)42-39-30(4)60(56-46(39)43(52-51-42)38-28-59(34-20-14-9-15-21-34)55-45(38)48(62)64-6-2)35-24-22-31(23-25-35)41-36-26-57(32-16-10-7-11-17-32)53-40(36)29(3)49-50-41/h7-28H,5-6H2,1-4H3. The molecule has 16 nitrogen and oxygen atoms in total. The van der Waals surface area contributed by atoms with Crippen LogP contribution in [-0.4, -0.2) is 84.7 Å². The molecule has 64 heavy (non-hydrogen) atoms. The van der Waals surface area contributed by atoms with Gasteiger partial charge in [-0.05, 0) is 76.2 Å². The largest absolute Gasteiger partial charge is 0.461 e. The molecule has 0 radical (unpaired) electrons. The molecule has 0 bridgehead atoms. The Morgan fingerprint density at radius 3 is 1.52 bits per heavy atom. The van der Waals surface area contributed by atoms with Crippen LogP contribution in [0.25, 0.3) is 78.3 Å². The fraction of sp³-hybridized carbons (Fsp3) is 0.125. The lowest BCUT2D eigenvalue weighted by Gasteiger charge is -2.08. The van der Waals surface area contributed by atoms with Gasteiger partial charge in [0.15, 0.2) is 11.4 Å². The summed E-state index contributed by atoms with van der Waals surface area (Å²) in [5.41, 5.74) is 8.57. The molecule has 0 fully saturated rings. The molecule has 0 aliphatic heterocycles. The minimum Gasteiger partial charge on any atom is -0.461 e. The summed E-state index contributed by atoms with van der Waals surface area (Å²) in [5, 5.41) is 39.5. The SMILES string of the molecule is CCOC(=O)c1nn(-c2ccccc2)cc1-c1nnc(-c2cn(-c3ccccc3)nc2C(=O)OCC)c2c(C)n(-c3ccc(-c4nnc(C)c5nn(-c6ccccc6)cc45)cc3)nc12. The first kappa shape index (κ1) is 39.5. The molecule has 6 aromatic heterocycles. The number of hydrogen-bond donors (Lipinski definition) is 0. The number of carbonyl (C=O) groups excluding carboxylic acids is 2. The topological polar surface area (TPSA) is 175 Å². The maximum absolute atomic E-state index is 13.6. The van der Waals surface area contributed by atoms with Gasteiger partial charge in [0.05, 0.1) is 69.3 Å². The first-order chi connectivity index (χ1) is 31.3. The van der Waals surface area contributed by atoms with Gasteiger partial charge in [0, 0.05) is 24.2 Å². The number of hydrogen-bond acceptors (Lipinski definition) is 12. The number of aryl methyl sites for hydroxylation is 2. The quantitative estimate of drug-likeness (QED) is 0.114. The Labute approximate surface area is 365 Å². The number of rotatable bonds is 11. The zero-order valence-electron chi connectivity index (χ0n) is 35.1. The molecule has 314 valence electrons. The number of para-hydroxylation sites is 3. The molecule has 0 atom stereocenters. The van der Waals surface area contributed by atoms with E-state index in [9.17, 15) is 9.59 Å². The molecular formula is C48H38N12O4. The Morgan fingerprint density at radius 1 is 0.500 bits per heavy atom. The number of fused-ring (bicyclic) bond motifs is 2. The summed E-state index contributed by atoms with van der Waals surface area (Å²) >= 11 is 0. The van der Waals surface area contributed by atoms with Crippen molar-refractivity contribution in [1.82, 2.24) is 59.5 Å². The van der Waals surface area contributed by atoms with E-state index in [-0.39, 0.29) is 30.3 Å². The van der Waals surface area contributed by atoms with Crippen LogP contribution in [0.2, 0.25) is 0 Å². The van der Waals surface area contributed by atoms with Crippen molar-refractivity contribution in [2.75, 3.05) is 13.2 Å². The molecule has 0 aliphatic rings. The van der Waals surface area contributed by atoms with Gasteiger partial charge in [-0.15, -0.1) is 15.3 Å². The average Bonchev–Trinajstić information content (AvgIpc) is 4.15. The highest BCUT2D eigenvalue weighted by Gasteiger charge is 2.30. The van der Waals surface area contributed by atoms with Crippen LogP contribution in [-0.2, 0) is 9.47 Å². The number of ether oxygens (including phenoxy) is 2. The Bertz CT molecular complexity index is 3360. The normalized spacial score (nSPS) is 11.4. The van der Waals surface area contributed by atoms with Crippen LogP contribution in [0.3, 0.4) is 0 Å². The third kappa shape index (κ3) is 6.92. The molecule has 0 N–H and O–H groups in total. The minimum atomic E-state index is -0.630. The van der Waals surface area contributed by atoms with E-state index < -0.39 is 11.9 Å². The zero-order valence-corrected chi connectivity index (χ0v) is 35.1. The van der Waals surface area contributed by atoms with Gasteiger partial charge in [-0.2, -0.15) is 25.5 Å². The van der Waals surface area contributed by atoms with Crippen LogP contribution in [0.1, 0.15) is 46.2 Å². The predicted octanol–water partition coefficient (Wildman–Crippen LogP) is 8.29. The highest BCUT2D eigenvalue weighted by Crippen LogP contribution is 2.38. The first-order valence-electron chi connectivity index (χ1n) is 20.6. The predicted molar refractivity (Wildman–Crippen MR) is 239 cm³/mol. The van der Waals surface area contributed by atoms with Crippen LogP contribution < -0.4 is 0 Å². The number of esters is 2. The number of benzene rings is 4. The average molecular weight is 847 g/mol. The smallest absolute Gasteiger partial charge is 0.359 e. The molecule has 10 rings (SSSR count). The van der Waals surface area contributed by atoms with Crippen molar-refractivity contribution in [3.63, 3.8) is 0 Å². The fourth-order valence-corrected chi connectivity index (χ4v) is 7.72. The summed E-state index contributed by atoms with van der Waals surface area (Å²) in [4.78, 5) is 27.2. The molecular weight excluding hydrogens is 809 g/mol. The van der Waals surface area contributed by atoms with Crippen molar-refractivity contribution < 1.29 is 19.1 Å². The van der Waals surface area contributed by atoms with Crippen LogP contribution in [0, 0.1) is 13.8 Å². The molecule has 0 spiro atoms. The lowest BCUT2D eigenvalue weighted by molar-refractivity contribution is 0.0510. The summed E-state index contributed by atoms with van der Waals surface area (Å²) in [5.74, 6) is -1.25. The van der Waals surface area contributed by atoms with E-state index in [1.807, 2.05) is 140 Å². The Morgan fingerprint density at radius 2 is 0.984 bits per heavy atom. The maximum Gasteiger partial charge on any atom is 0.359 e. The van der Waals surface area contributed by atoms with E-state index >= 15 is 0 Å². The van der Waals surface area contributed by atoms with Gasteiger partial charge in [-0.3, -0.25) is 0 Å². The molecule has 4 aromatic carbocycles. The van der Waals surface area contributed by atoms with Gasteiger partial charge in [0.25, 0.3) is 0 Å². The molecule has 0 amide bonds. The van der Waals surface area contributed by atoms with Gasteiger partial charge >= 0.3 is 11.9 Å². The number of carbonyl (C=O) groups is 2. The number of aromatic nitrogens is 12. The van der Waals surface area contributed by atoms with Crippen molar-refractivity contribution in [3.05, 3.63) is 157 Å². The Hall–Kier alpha value is -8.66. The summed E-state index contributed by atoms with van der Waals surface area (Å²) in [6.45, 7) is 7.55. The van der Waals surface area contributed by atoms with E-state index in [4.69, 9.17) is 35.0 Å². The van der Waals surface area contributed by atoms with E-state index in [2.05, 4.69) is 15.3 Å². The van der Waals surface area contributed by atoms with Gasteiger partial charge in [-0.25, -0.2) is 28.3 Å². The van der Waals surface area contributed by atoms with E-state index in [1.54, 1.807) is 40.3 Å². The maximum atomic E-state index is 13.6. The molecule has 16 heteroatoms. The lowest BCUT2D eigenvalue weighted by atomic mass is 10.0. The van der Waals surface area contributed by atoms with Crippen molar-refractivity contribution >= 4 is 33.7 Å². The van der Waals surface area contributed by atoms with Crippen molar-refractivity contribution in [1.29, 1.82) is 0 Å². The number of nitrogens with zero attached hydrogens (tertiary/aromatic N) is 12. The molecule has 6 heterocycles. The first-order valence-corrected chi connectivity index (χ1v) is 20.6. The fourth-order valence-electron chi connectivity index (χ4n) is 7.72. The van der Waals surface area contributed by atoms with Crippen LogP contribution in [0.15, 0.2) is 134 Å². The molecule has 0 saturated carbocycles. The zero-order chi connectivity index (χ0) is 43.9. The second kappa shape index (κ2) is 16.3. The Kier molecular flexibility index (Phi) is 10.1. The second-order valence-electron chi connectivity index (χ2n) is 14.8. The second-order valence-corrected chi connectivity index (χ2v) is 14.8. The monoisotopic (exact) mass is 846 g/mol. The summed E-state index contributed by atoms with van der Waals surface area (Å²) < 4.78 is 17.8. The molecule has 0 saturated heterocycles. The van der Waals surface area contributed by atoms with Crippen molar-refractivity contribution in [2.24, 2.45) is 0 Å². The van der Waals surface area contributed by atoms with E-state index in [0.717, 1.165) is 39.2 Å². The lowest BCUT2D eigenvalue weighted by Crippen LogP contribution is -2.09. The Balaban J connectivity index is 1.16. The van der Waals surface area contributed by atoms with E-state index in [1.165, 1.54) is 0 Å². The third-order valence-electron chi connectivity index (χ3n) is 10.8. The van der Waals surface area contributed by atoms with Gasteiger partial charge in [-0.1, -0.05) is 66.7 Å². The van der Waals surface area contributed by atoms with Crippen molar-refractivity contribution in [2.45, 2.75) is 27.7 Å². The third-order valence-corrected chi connectivity index (χ3v) is 10.8. The van der Waals surface area contributed by atoms with Gasteiger partial charge in [0.2, 0.25) is 0 Å². The molecule has 0 unspecified atom stereocenters. The molecule has 0 aliphatic carbocycles. The minimum absolute atomic E-state index is 0.0378. The van der Waals surface area contributed by atoms with Crippen LogP contribution >= 0.6 is 0 Å². The van der Waals surface area contributed by atoms with Crippen LogP contribution in [0.5, 0.6) is 0 Å².